The van der Waals surface area contributed by atoms with E-state index in [9.17, 15) is 14.9 Å². The fraction of sp³-hybridized carbons (Fsp3) is 0.261. The van der Waals surface area contributed by atoms with Gasteiger partial charge in [0.1, 0.15) is 17.6 Å². The molecule has 0 saturated carbocycles. The van der Waals surface area contributed by atoms with E-state index in [1.165, 1.54) is 19.2 Å². The van der Waals surface area contributed by atoms with Crippen LogP contribution in [-0.2, 0) is 9.53 Å². The van der Waals surface area contributed by atoms with Gasteiger partial charge >= 0.3 is 5.97 Å². The Morgan fingerprint density at radius 1 is 1.24 bits per heavy atom. The Hall–Kier alpha value is -3.79. The number of hydrogen-bond donors (Lipinski definition) is 1. The van der Waals surface area contributed by atoms with E-state index >= 15 is 0 Å². The van der Waals surface area contributed by atoms with Gasteiger partial charge in [-0.05, 0) is 55.0 Å². The predicted molar refractivity (Wildman–Crippen MR) is 124 cm³/mol. The van der Waals surface area contributed by atoms with Gasteiger partial charge in [-0.2, -0.15) is 0 Å². The molecule has 1 N–H and O–H groups in total. The number of methoxy groups -OCH3 is 1. The molecule has 0 bridgehead atoms. The molecule has 2 atom stereocenters. The highest BCUT2D eigenvalue weighted by molar-refractivity contribution is 7.80. The number of pyridine rings is 1. The van der Waals surface area contributed by atoms with E-state index in [0.29, 0.717) is 29.6 Å². The molecule has 33 heavy (non-hydrogen) atoms. The van der Waals surface area contributed by atoms with Crippen LogP contribution in [0.2, 0.25) is 0 Å². The molecule has 0 amide bonds. The fourth-order valence-electron chi connectivity index (χ4n) is 3.87. The number of thiocarbonyl (C=S) groups is 1. The maximum absolute atomic E-state index is 11.6. The van der Waals surface area contributed by atoms with Crippen LogP contribution in [0.3, 0.4) is 0 Å². The molecule has 9 nitrogen and oxygen atoms in total. The van der Waals surface area contributed by atoms with Gasteiger partial charge < -0.3 is 19.4 Å². The van der Waals surface area contributed by atoms with E-state index in [2.05, 4.69) is 10.3 Å². The van der Waals surface area contributed by atoms with Crippen LogP contribution in [0.1, 0.15) is 36.4 Å². The number of non-ortho nitro benzene ring substituents is 1. The maximum atomic E-state index is 11.6. The van der Waals surface area contributed by atoms with Crippen LogP contribution in [0.25, 0.3) is 11.3 Å². The van der Waals surface area contributed by atoms with Crippen LogP contribution in [0, 0.1) is 10.1 Å². The maximum Gasteiger partial charge on any atom is 0.305 e. The van der Waals surface area contributed by atoms with Gasteiger partial charge in [0.25, 0.3) is 5.69 Å². The zero-order valence-corrected chi connectivity index (χ0v) is 18.7. The minimum atomic E-state index is -0.438. The van der Waals surface area contributed by atoms with Crippen molar-refractivity contribution < 1.29 is 18.9 Å². The van der Waals surface area contributed by atoms with Crippen molar-refractivity contribution in [1.29, 1.82) is 0 Å². The molecule has 3 heterocycles. The number of esters is 1. The van der Waals surface area contributed by atoms with Gasteiger partial charge in [0.05, 0.1) is 23.8 Å². The molecule has 1 saturated heterocycles. The third kappa shape index (κ3) is 4.85. The summed E-state index contributed by atoms with van der Waals surface area (Å²) in [7, 11) is 1.37. The Morgan fingerprint density at radius 3 is 2.70 bits per heavy atom. The van der Waals surface area contributed by atoms with E-state index < -0.39 is 4.92 Å². The first-order valence-corrected chi connectivity index (χ1v) is 10.8. The molecule has 3 aromatic rings. The summed E-state index contributed by atoms with van der Waals surface area (Å²) in [4.78, 5) is 28.6. The number of hydrogen-bond acceptors (Lipinski definition) is 7. The topological polar surface area (TPSA) is 111 Å². The van der Waals surface area contributed by atoms with Crippen molar-refractivity contribution in [2.45, 2.75) is 24.9 Å². The Morgan fingerprint density at radius 2 is 2.03 bits per heavy atom. The molecule has 1 aromatic carbocycles. The molecule has 0 aliphatic carbocycles. The number of nitro groups is 1. The Labute approximate surface area is 195 Å². The average Bonchev–Trinajstić information content (AvgIpc) is 3.44. The number of aromatic nitrogens is 1. The average molecular weight is 467 g/mol. The van der Waals surface area contributed by atoms with Gasteiger partial charge in [-0.25, -0.2) is 0 Å². The Balaban J connectivity index is 1.63. The number of carbonyl (C=O) groups excluding carboxylic acids is 1. The molecule has 10 heteroatoms. The van der Waals surface area contributed by atoms with Crippen molar-refractivity contribution in [2.24, 2.45) is 0 Å². The van der Waals surface area contributed by atoms with Gasteiger partial charge in [0.2, 0.25) is 0 Å². The van der Waals surface area contributed by atoms with Crippen LogP contribution in [0.4, 0.5) is 5.69 Å². The zero-order chi connectivity index (χ0) is 23.4. The third-order valence-corrected chi connectivity index (χ3v) is 5.84. The smallest absolute Gasteiger partial charge is 0.305 e. The lowest BCUT2D eigenvalue weighted by Crippen LogP contribution is -2.30. The molecule has 0 radical (unpaired) electrons. The summed E-state index contributed by atoms with van der Waals surface area (Å²) in [6.07, 6.45) is 2.57. The van der Waals surface area contributed by atoms with Crippen molar-refractivity contribution in [3.63, 3.8) is 0 Å². The highest BCUT2D eigenvalue weighted by atomic mass is 32.1. The summed E-state index contributed by atoms with van der Waals surface area (Å²) in [6, 6.07) is 15.1. The number of rotatable bonds is 8. The summed E-state index contributed by atoms with van der Waals surface area (Å²) in [5.41, 5.74) is 1.56. The van der Waals surface area contributed by atoms with Crippen molar-refractivity contribution in [1.82, 2.24) is 15.2 Å². The molecule has 1 fully saturated rings. The van der Waals surface area contributed by atoms with Gasteiger partial charge in [-0.3, -0.25) is 19.9 Å². The first kappa shape index (κ1) is 22.4. The van der Waals surface area contributed by atoms with Crippen LogP contribution < -0.4 is 5.32 Å². The summed E-state index contributed by atoms with van der Waals surface area (Å²) in [6.45, 7) is 0.530. The molecule has 0 unspecified atom stereocenters. The largest absolute Gasteiger partial charge is 0.469 e. The monoisotopic (exact) mass is 466 g/mol. The minimum Gasteiger partial charge on any atom is -0.469 e. The molecule has 4 rings (SSSR count). The lowest BCUT2D eigenvalue weighted by molar-refractivity contribution is -0.384. The van der Waals surface area contributed by atoms with Crippen LogP contribution in [0.5, 0.6) is 0 Å². The fourth-order valence-corrected chi connectivity index (χ4v) is 4.20. The number of carbonyl (C=O) groups is 1. The normalized spacial score (nSPS) is 17.6. The van der Waals surface area contributed by atoms with E-state index in [1.54, 1.807) is 18.3 Å². The van der Waals surface area contributed by atoms with Crippen LogP contribution >= 0.6 is 12.2 Å². The molecule has 170 valence electrons. The Kier molecular flexibility index (Phi) is 6.64. The number of furan rings is 1. The van der Waals surface area contributed by atoms with Crippen molar-refractivity contribution in [3.8, 4) is 11.3 Å². The van der Waals surface area contributed by atoms with Crippen LogP contribution in [0.15, 0.2) is 65.2 Å². The van der Waals surface area contributed by atoms with Gasteiger partial charge in [0.15, 0.2) is 5.11 Å². The number of nitrogens with one attached hydrogen (secondary N) is 1. The van der Waals surface area contributed by atoms with Gasteiger partial charge in [-0.15, -0.1) is 0 Å². The number of nitrogens with zero attached hydrogens (tertiary/aromatic N) is 3. The highest BCUT2D eigenvalue weighted by Crippen LogP contribution is 2.40. The molecule has 0 spiro atoms. The third-order valence-electron chi connectivity index (χ3n) is 5.49. The summed E-state index contributed by atoms with van der Waals surface area (Å²) in [5.74, 6) is 0.987. The minimum absolute atomic E-state index is 0.0165. The summed E-state index contributed by atoms with van der Waals surface area (Å²) < 4.78 is 10.9. The second-order valence-corrected chi connectivity index (χ2v) is 7.89. The first-order valence-electron chi connectivity index (χ1n) is 10.4. The van der Waals surface area contributed by atoms with Crippen molar-refractivity contribution >= 4 is 29.0 Å². The predicted octanol–water partition coefficient (Wildman–Crippen LogP) is 4.18. The van der Waals surface area contributed by atoms with E-state index in [-0.39, 0.29) is 30.2 Å². The second-order valence-electron chi connectivity index (χ2n) is 7.51. The standard InChI is InChI=1S/C23H22N4O5S/c1-31-20(28)6-4-14-26-22(21(25-23(26)33)17-5-2-3-13-24-17)19-12-11-18(32-19)15-7-9-16(10-8-15)27(29)30/h2-3,5,7-13,21-22H,4,6,14H2,1H3,(H,25,33)/t21-,22+/m0/s1. The number of nitro benzene ring substituents is 1. The molecule has 1 aliphatic rings. The SMILES string of the molecule is COC(=O)CCCN1C(=S)N[C@@H](c2ccccn2)[C@H]1c1ccc(-c2ccc([N+](=O)[O-])cc2)o1. The zero-order valence-electron chi connectivity index (χ0n) is 17.8. The van der Waals surface area contributed by atoms with Crippen molar-refractivity contribution in [3.05, 3.63) is 82.4 Å². The Bertz CT molecular complexity index is 1150. The van der Waals surface area contributed by atoms with Gasteiger partial charge in [0, 0.05) is 36.9 Å². The molecule has 2 aromatic heterocycles. The molecular formula is C23H22N4O5S. The quantitative estimate of drug-likeness (QED) is 0.226. The van der Waals surface area contributed by atoms with Crippen LogP contribution in [-0.4, -0.2) is 39.5 Å². The molecular weight excluding hydrogens is 444 g/mol. The van der Waals surface area contributed by atoms with E-state index in [0.717, 1.165) is 11.3 Å². The van der Waals surface area contributed by atoms with E-state index in [1.807, 2.05) is 35.2 Å². The lowest BCUT2D eigenvalue weighted by Gasteiger charge is -2.25. The highest BCUT2D eigenvalue weighted by Gasteiger charge is 2.41. The second kappa shape index (κ2) is 9.78. The first-order chi connectivity index (χ1) is 16.0. The molecule has 1 aliphatic heterocycles. The summed E-state index contributed by atoms with van der Waals surface area (Å²) in [5, 5.41) is 14.8. The van der Waals surface area contributed by atoms with Gasteiger partial charge in [-0.1, -0.05) is 6.07 Å². The number of benzene rings is 1. The van der Waals surface area contributed by atoms with Crippen molar-refractivity contribution in [2.75, 3.05) is 13.7 Å². The van der Waals surface area contributed by atoms with E-state index in [4.69, 9.17) is 21.4 Å². The summed E-state index contributed by atoms with van der Waals surface area (Å²) >= 11 is 5.61. The number of ether oxygens (including phenoxy) is 1. The lowest BCUT2D eigenvalue weighted by atomic mass is 10.0.